The minimum Gasteiger partial charge on any atom is -0.339 e. The molecule has 98 valence electrons. The minimum atomic E-state index is 0.0564. The Labute approximate surface area is 113 Å². The molecule has 3 nitrogen and oxygen atoms in total. The van der Waals surface area contributed by atoms with Crippen molar-refractivity contribution in [3.8, 4) is 0 Å². The van der Waals surface area contributed by atoms with E-state index in [0.717, 1.165) is 25.0 Å². The molecule has 0 aliphatic heterocycles. The highest BCUT2D eigenvalue weighted by Gasteiger charge is 2.24. The van der Waals surface area contributed by atoms with E-state index >= 15 is 0 Å². The van der Waals surface area contributed by atoms with Crippen molar-refractivity contribution in [2.75, 3.05) is 7.05 Å². The summed E-state index contributed by atoms with van der Waals surface area (Å²) < 4.78 is 0. The van der Waals surface area contributed by atoms with E-state index in [9.17, 15) is 4.79 Å². The number of hydrogen-bond donors (Lipinski definition) is 0. The molecule has 1 fully saturated rings. The van der Waals surface area contributed by atoms with Gasteiger partial charge >= 0.3 is 0 Å². The fourth-order valence-corrected chi connectivity index (χ4v) is 2.74. The zero-order valence-electron chi connectivity index (χ0n) is 10.9. The predicted molar refractivity (Wildman–Crippen MR) is 73.0 cm³/mol. The van der Waals surface area contributed by atoms with Gasteiger partial charge in [-0.05, 0) is 31.4 Å². The number of rotatable bonds is 3. The Morgan fingerprint density at radius 2 is 2.11 bits per heavy atom. The van der Waals surface area contributed by atoms with Crippen molar-refractivity contribution >= 4 is 17.5 Å². The first-order valence-electron chi connectivity index (χ1n) is 6.55. The van der Waals surface area contributed by atoms with E-state index in [4.69, 9.17) is 11.6 Å². The van der Waals surface area contributed by atoms with Gasteiger partial charge in [0.25, 0.3) is 5.91 Å². The Bertz CT molecular complexity index is 441. The fraction of sp³-hybridized carbons (Fsp3) is 0.571. The van der Waals surface area contributed by atoms with Crippen LogP contribution in [0.5, 0.6) is 0 Å². The van der Waals surface area contributed by atoms with Crippen molar-refractivity contribution in [2.45, 2.75) is 45.1 Å². The van der Waals surface area contributed by atoms with Crippen LogP contribution in [0.3, 0.4) is 0 Å². The zero-order chi connectivity index (χ0) is 13.1. The molecule has 0 spiro atoms. The van der Waals surface area contributed by atoms with Crippen molar-refractivity contribution in [3.05, 3.63) is 28.5 Å². The molecule has 0 bridgehead atoms. The molecule has 1 aromatic heterocycles. The van der Waals surface area contributed by atoms with Crippen molar-refractivity contribution < 1.29 is 4.79 Å². The maximum atomic E-state index is 12.4. The average molecular weight is 267 g/mol. The number of aromatic nitrogens is 1. The van der Waals surface area contributed by atoms with Crippen LogP contribution >= 0.6 is 11.6 Å². The molecule has 0 aromatic carbocycles. The largest absolute Gasteiger partial charge is 0.339 e. The molecular formula is C14H19ClN2O. The Morgan fingerprint density at radius 1 is 1.44 bits per heavy atom. The Kier molecular flexibility index (Phi) is 4.23. The predicted octanol–water partition coefficient (Wildman–Crippen LogP) is 3.31. The van der Waals surface area contributed by atoms with Gasteiger partial charge < -0.3 is 4.90 Å². The topological polar surface area (TPSA) is 33.2 Å². The van der Waals surface area contributed by atoms with Crippen LogP contribution in [0.4, 0.5) is 0 Å². The van der Waals surface area contributed by atoms with Gasteiger partial charge in [0.15, 0.2) is 0 Å². The summed E-state index contributed by atoms with van der Waals surface area (Å²) in [6.07, 6.45) is 5.45. The molecule has 0 N–H and O–H groups in total. The number of pyridine rings is 1. The van der Waals surface area contributed by atoms with Gasteiger partial charge in [0.05, 0.1) is 0 Å². The molecule has 1 saturated carbocycles. The molecule has 2 rings (SSSR count). The number of hydrogen-bond acceptors (Lipinski definition) is 2. The van der Waals surface area contributed by atoms with Crippen LogP contribution in [-0.4, -0.2) is 28.9 Å². The van der Waals surface area contributed by atoms with Gasteiger partial charge in [-0.25, -0.2) is 4.98 Å². The number of nitrogens with zero attached hydrogens (tertiary/aromatic N) is 2. The van der Waals surface area contributed by atoms with Gasteiger partial charge in [0.1, 0.15) is 5.15 Å². The van der Waals surface area contributed by atoms with E-state index in [2.05, 4.69) is 4.98 Å². The molecule has 1 aliphatic carbocycles. The fourth-order valence-electron chi connectivity index (χ4n) is 2.52. The second-order valence-electron chi connectivity index (χ2n) is 4.88. The SMILES string of the molecule is CCc1cc(C(=O)N(C)C2CCCC2)cc(Cl)n1. The number of aryl methyl sites for hydroxylation is 1. The van der Waals surface area contributed by atoms with Crippen LogP contribution in [0, 0.1) is 0 Å². The van der Waals surface area contributed by atoms with Crippen LogP contribution < -0.4 is 0 Å². The molecule has 0 atom stereocenters. The first kappa shape index (κ1) is 13.3. The molecule has 0 unspecified atom stereocenters. The van der Waals surface area contributed by atoms with Crippen molar-refractivity contribution in [3.63, 3.8) is 0 Å². The van der Waals surface area contributed by atoms with Crippen molar-refractivity contribution in [2.24, 2.45) is 0 Å². The third kappa shape index (κ3) is 2.83. The highest BCUT2D eigenvalue weighted by Crippen LogP contribution is 2.24. The summed E-state index contributed by atoms with van der Waals surface area (Å²) in [5.74, 6) is 0.0564. The summed E-state index contributed by atoms with van der Waals surface area (Å²) in [7, 11) is 1.89. The summed E-state index contributed by atoms with van der Waals surface area (Å²) >= 11 is 5.96. The summed E-state index contributed by atoms with van der Waals surface area (Å²) in [4.78, 5) is 18.4. The Hall–Kier alpha value is -1.09. The van der Waals surface area contributed by atoms with Crippen LogP contribution in [-0.2, 0) is 6.42 Å². The first-order valence-corrected chi connectivity index (χ1v) is 6.93. The third-order valence-corrected chi connectivity index (χ3v) is 3.84. The van der Waals surface area contributed by atoms with Gasteiger partial charge in [-0.3, -0.25) is 4.79 Å². The van der Waals surface area contributed by atoms with E-state index in [0.29, 0.717) is 16.8 Å². The minimum absolute atomic E-state index is 0.0564. The molecule has 1 aliphatic rings. The van der Waals surface area contributed by atoms with Crippen molar-refractivity contribution in [1.29, 1.82) is 0 Å². The summed E-state index contributed by atoms with van der Waals surface area (Å²) in [6.45, 7) is 2.01. The maximum Gasteiger partial charge on any atom is 0.254 e. The molecule has 4 heteroatoms. The quantitative estimate of drug-likeness (QED) is 0.787. The monoisotopic (exact) mass is 266 g/mol. The van der Waals surface area contributed by atoms with Gasteiger partial charge in [-0.15, -0.1) is 0 Å². The molecule has 18 heavy (non-hydrogen) atoms. The lowest BCUT2D eigenvalue weighted by Gasteiger charge is -2.24. The normalized spacial score (nSPS) is 15.9. The lowest BCUT2D eigenvalue weighted by atomic mass is 10.1. The van der Waals surface area contributed by atoms with E-state index in [1.165, 1.54) is 12.8 Å². The molecule has 0 saturated heterocycles. The molecule has 1 heterocycles. The smallest absolute Gasteiger partial charge is 0.254 e. The van der Waals surface area contributed by atoms with E-state index in [1.54, 1.807) is 6.07 Å². The standard InChI is InChI=1S/C14H19ClN2O/c1-3-11-8-10(9-13(15)16-11)14(18)17(2)12-6-4-5-7-12/h8-9,12H,3-7H2,1-2H3. The zero-order valence-corrected chi connectivity index (χ0v) is 11.7. The first-order chi connectivity index (χ1) is 8.61. The highest BCUT2D eigenvalue weighted by molar-refractivity contribution is 6.29. The lowest BCUT2D eigenvalue weighted by Crippen LogP contribution is -2.35. The van der Waals surface area contributed by atoms with Gasteiger partial charge in [-0.2, -0.15) is 0 Å². The van der Waals surface area contributed by atoms with Gasteiger partial charge in [0.2, 0.25) is 0 Å². The number of amides is 1. The average Bonchev–Trinajstić information content (AvgIpc) is 2.90. The number of carbonyl (C=O) groups is 1. The molecule has 1 aromatic rings. The summed E-state index contributed by atoms with van der Waals surface area (Å²) in [5, 5.41) is 0.400. The van der Waals surface area contributed by atoms with Gasteiger partial charge in [0, 0.05) is 24.3 Å². The Balaban J connectivity index is 2.19. The van der Waals surface area contributed by atoms with E-state index in [1.807, 2.05) is 24.9 Å². The van der Waals surface area contributed by atoms with Crippen LogP contribution in [0.25, 0.3) is 0 Å². The van der Waals surface area contributed by atoms with Crippen LogP contribution in [0.15, 0.2) is 12.1 Å². The van der Waals surface area contributed by atoms with Gasteiger partial charge in [-0.1, -0.05) is 31.4 Å². The molecule has 0 radical (unpaired) electrons. The number of carbonyl (C=O) groups excluding carboxylic acids is 1. The maximum absolute atomic E-state index is 12.4. The summed E-state index contributed by atoms with van der Waals surface area (Å²) in [6, 6.07) is 3.89. The molecular weight excluding hydrogens is 248 g/mol. The Morgan fingerprint density at radius 3 is 2.72 bits per heavy atom. The second-order valence-corrected chi connectivity index (χ2v) is 5.27. The van der Waals surface area contributed by atoms with Crippen molar-refractivity contribution in [1.82, 2.24) is 9.88 Å². The van der Waals surface area contributed by atoms with Crippen LogP contribution in [0.2, 0.25) is 5.15 Å². The lowest BCUT2D eigenvalue weighted by molar-refractivity contribution is 0.0735. The number of halogens is 1. The van der Waals surface area contributed by atoms with Crippen LogP contribution in [0.1, 0.15) is 48.7 Å². The second kappa shape index (κ2) is 5.70. The molecule has 1 amide bonds. The van der Waals surface area contributed by atoms with E-state index in [-0.39, 0.29) is 5.91 Å². The summed E-state index contributed by atoms with van der Waals surface area (Å²) in [5.41, 5.74) is 1.52. The highest BCUT2D eigenvalue weighted by atomic mass is 35.5. The third-order valence-electron chi connectivity index (χ3n) is 3.65. The van der Waals surface area contributed by atoms with E-state index < -0.39 is 0 Å².